The Hall–Kier alpha value is -0.490. The van der Waals surface area contributed by atoms with Crippen LogP contribution in [0.2, 0.25) is 10.0 Å². The van der Waals surface area contributed by atoms with Gasteiger partial charge in [-0.2, -0.15) is 0 Å². The predicted octanol–water partition coefficient (Wildman–Crippen LogP) is 4.35. The number of nitrogens with one attached hydrogen (secondary N) is 1. The SMILES string of the molecule is Cc1ccc(Cl)c(NC(=O)CSC(=S)N2CCCC2)c1Cl. The maximum Gasteiger partial charge on any atom is 0.234 e. The van der Waals surface area contributed by atoms with Crippen molar-refractivity contribution < 1.29 is 4.79 Å². The van der Waals surface area contributed by atoms with Gasteiger partial charge in [0, 0.05) is 13.1 Å². The van der Waals surface area contributed by atoms with Crippen molar-refractivity contribution >= 4 is 63.1 Å². The number of likely N-dealkylation sites (tertiary alicyclic amines) is 1. The molecule has 1 saturated heterocycles. The van der Waals surface area contributed by atoms with Crippen LogP contribution in [0.5, 0.6) is 0 Å². The molecule has 0 bridgehead atoms. The van der Waals surface area contributed by atoms with Gasteiger partial charge >= 0.3 is 0 Å². The Balaban J connectivity index is 1.90. The van der Waals surface area contributed by atoms with Crippen LogP contribution < -0.4 is 5.32 Å². The summed E-state index contributed by atoms with van der Waals surface area (Å²) in [6.45, 7) is 3.84. The molecule has 0 aliphatic carbocycles. The summed E-state index contributed by atoms with van der Waals surface area (Å²) < 4.78 is 0.782. The molecule has 2 rings (SSSR count). The molecule has 0 spiro atoms. The Bertz CT molecular complexity index is 560. The number of carbonyl (C=O) groups excluding carboxylic acids is 1. The summed E-state index contributed by atoms with van der Waals surface area (Å²) in [7, 11) is 0. The van der Waals surface area contributed by atoms with Crippen molar-refractivity contribution in [2.24, 2.45) is 0 Å². The van der Waals surface area contributed by atoms with E-state index in [9.17, 15) is 4.79 Å². The zero-order chi connectivity index (χ0) is 15.4. The predicted molar refractivity (Wildman–Crippen MR) is 95.7 cm³/mol. The fourth-order valence-electron chi connectivity index (χ4n) is 2.07. The Morgan fingerprint density at radius 2 is 2.05 bits per heavy atom. The molecule has 0 radical (unpaired) electrons. The fourth-order valence-corrected chi connectivity index (χ4v) is 3.58. The first-order valence-corrected chi connectivity index (χ1v) is 8.80. The number of thioether (sulfide) groups is 1. The highest BCUT2D eigenvalue weighted by Gasteiger charge is 2.17. The maximum atomic E-state index is 12.0. The number of thiocarbonyl (C=S) groups is 1. The molecular formula is C14H16Cl2N2OS2. The molecule has 0 aromatic heterocycles. The summed E-state index contributed by atoms with van der Waals surface area (Å²) in [6.07, 6.45) is 2.34. The van der Waals surface area contributed by atoms with Crippen LogP contribution >= 0.6 is 47.2 Å². The molecule has 0 unspecified atom stereocenters. The third kappa shape index (κ3) is 4.49. The number of benzene rings is 1. The summed E-state index contributed by atoms with van der Waals surface area (Å²) >= 11 is 18.9. The van der Waals surface area contributed by atoms with Gasteiger partial charge in [-0.15, -0.1) is 0 Å². The maximum absolute atomic E-state index is 12.0. The molecule has 114 valence electrons. The zero-order valence-corrected chi connectivity index (χ0v) is 14.8. The van der Waals surface area contributed by atoms with Crippen LogP contribution in [0.25, 0.3) is 0 Å². The molecule has 1 aliphatic rings. The van der Waals surface area contributed by atoms with Crippen molar-refractivity contribution in [3.63, 3.8) is 0 Å². The number of halogens is 2. The smallest absolute Gasteiger partial charge is 0.234 e. The number of nitrogens with zero attached hydrogens (tertiary/aromatic N) is 1. The first-order valence-electron chi connectivity index (χ1n) is 6.65. The average molecular weight is 363 g/mol. The molecule has 1 aromatic rings. The van der Waals surface area contributed by atoms with E-state index in [2.05, 4.69) is 10.2 Å². The van der Waals surface area contributed by atoms with Crippen molar-refractivity contribution in [3.05, 3.63) is 27.7 Å². The van der Waals surface area contributed by atoms with Gasteiger partial charge in [-0.1, -0.05) is 53.2 Å². The molecule has 1 aromatic carbocycles. The number of anilines is 1. The normalized spacial score (nSPS) is 14.3. The van der Waals surface area contributed by atoms with Gasteiger partial charge in [0.25, 0.3) is 0 Å². The topological polar surface area (TPSA) is 32.3 Å². The first kappa shape index (κ1) is 16.9. The van der Waals surface area contributed by atoms with Gasteiger partial charge in [0.05, 0.1) is 21.5 Å². The minimum atomic E-state index is -0.157. The molecule has 0 saturated carbocycles. The Morgan fingerprint density at radius 1 is 1.38 bits per heavy atom. The second-order valence-corrected chi connectivity index (χ2v) is 7.24. The van der Waals surface area contributed by atoms with E-state index >= 15 is 0 Å². The second kappa shape index (κ2) is 7.68. The monoisotopic (exact) mass is 362 g/mol. The van der Waals surface area contributed by atoms with Gasteiger partial charge < -0.3 is 10.2 Å². The number of hydrogen-bond donors (Lipinski definition) is 1. The van der Waals surface area contributed by atoms with Gasteiger partial charge in [-0.3, -0.25) is 4.79 Å². The van der Waals surface area contributed by atoms with Gasteiger partial charge in [0.15, 0.2) is 0 Å². The van der Waals surface area contributed by atoms with E-state index < -0.39 is 0 Å². The van der Waals surface area contributed by atoms with E-state index in [0.717, 1.165) is 23.0 Å². The lowest BCUT2D eigenvalue weighted by molar-refractivity contribution is -0.113. The molecule has 3 nitrogen and oxygen atoms in total. The first-order chi connectivity index (χ1) is 9.99. The number of rotatable bonds is 3. The molecule has 1 heterocycles. The van der Waals surface area contributed by atoms with E-state index in [1.807, 2.05) is 13.0 Å². The molecule has 0 atom stereocenters. The molecule has 1 fully saturated rings. The van der Waals surface area contributed by atoms with Crippen molar-refractivity contribution in [2.45, 2.75) is 19.8 Å². The minimum absolute atomic E-state index is 0.157. The lowest BCUT2D eigenvalue weighted by atomic mass is 10.2. The summed E-state index contributed by atoms with van der Waals surface area (Å²) in [4.78, 5) is 14.2. The summed E-state index contributed by atoms with van der Waals surface area (Å²) in [5.41, 5.74) is 1.34. The van der Waals surface area contributed by atoms with Crippen molar-refractivity contribution in [1.29, 1.82) is 0 Å². The van der Waals surface area contributed by atoms with E-state index in [4.69, 9.17) is 35.4 Å². The summed E-state index contributed by atoms with van der Waals surface area (Å²) in [6, 6.07) is 3.54. The van der Waals surface area contributed by atoms with Crippen LogP contribution in [0.4, 0.5) is 5.69 Å². The fraction of sp³-hybridized carbons (Fsp3) is 0.429. The molecular weight excluding hydrogens is 347 g/mol. The minimum Gasteiger partial charge on any atom is -0.358 e. The summed E-state index contributed by atoms with van der Waals surface area (Å²) in [5.74, 6) is 0.103. The standard InChI is InChI=1S/C14H16Cl2N2OS2/c1-9-4-5-10(15)13(12(9)16)17-11(19)8-21-14(20)18-6-2-3-7-18/h4-5H,2-3,6-8H2,1H3,(H,17,19). The Kier molecular flexibility index (Phi) is 6.17. The van der Waals surface area contributed by atoms with Gasteiger partial charge in [0.2, 0.25) is 5.91 Å². The third-order valence-electron chi connectivity index (χ3n) is 3.24. The molecule has 21 heavy (non-hydrogen) atoms. The molecule has 1 aliphatic heterocycles. The number of aryl methyl sites for hydroxylation is 1. The second-order valence-electron chi connectivity index (χ2n) is 4.85. The van der Waals surface area contributed by atoms with E-state index in [1.165, 1.54) is 24.6 Å². The van der Waals surface area contributed by atoms with Gasteiger partial charge in [-0.25, -0.2) is 0 Å². The molecule has 7 heteroatoms. The van der Waals surface area contributed by atoms with Crippen LogP contribution in [0.15, 0.2) is 12.1 Å². The van der Waals surface area contributed by atoms with Gasteiger partial charge in [0.1, 0.15) is 4.32 Å². The van der Waals surface area contributed by atoms with E-state index in [0.29, 0.717) is 15.7 Å². The highest BCUT2D eigenvalue weighted by atomic mass is 35.5. The highest BCUT2D eigenvalue weighted by molar-refractivity contribution is 8.23. The van der Waals surface area contributed by atoms with Crippen LogP contribution in [0.3, 0.4) is 0 Å². The van der Waals surface area contributed by atoms with Crippen LogP contribution in [-0.4, -0.2) is 34.0 Å². The van der Waals surface area contributed by atoms with Crippen LogP contribution in [0.1, 0.15) is 18.4 Å². The zero-order valence-electron chi connectivity index (χ0n) is 11.6. The lowest BCUT2D eigenvalue weighted by Gasteiger charge is -2.17. The third-order valence-corrected chi connectivity index (χ3v) is 5.57. The van der Waals surface area contributed by atoms with E-state index in [-0.39, 0.29) is 11.7 Å². The quantitative estimate of drug-likeness (QED) is 0.809. The Labute approximate surface area is 144 Å². The highest BCUT2D eigenvalue weighted by Crippen LogP contribution is 2.33. The molecule has 1 N–H and O–H groups in total. The van der Waals surface area contributed by atoms with Crippen molar-refractivity contribution in [3.8, 4) is 0 Å². The lowest BCUT2D eigenvalue weighted by Crippen LogP contribution is -2.25. The number of amides is 1. The van der Waals surface area contributed by atoms with Crippen LogP contribution in [0, 0.1) is 6.92 Å². The Morgan fingerprint density at radius 3 is 2.71 bits per heavy atom. The largest absolute Gasteiger partial charge is 0.358 e. The van der Waals surface area contributed by atoms with Crippen molar-refractivity contribution in [1.82, 2.24) is 4.90 Å². The number of hydrogen-bond acceptors (Lipinski definition) is 3. The van der Waals surface area contributed by atoms with Gasteiger partial charge in [-0.05, 0) is 31.4 Å². The van der Waals surface area contributed by atoms with Crippen molar-refractivity contribution in [2.75, 3.05) is 24.2 Å². The van der Waals surface area contributed by atoms with Crippen LogP contribution in [-0.2, 0) is 4.79 Å². The number of carbonyl (C=O) groups is 1. The molecule has 1 amide bonds. The average Bonchev–Trinajstić information content (AvgIpc) is 2.99. The van der Waals surface area contributed by atoms with E-state index in [1.54, 1.807) is 6.07 Å². The summed E-state index contributed by atoms with van der Waals surface area (Å²) in [5, 5.41) is 3.67.